The van der Waals surface area contributed by atoms with Gasteiger partial charge in [0.15, 0.2) is 5.69 Å². The van der Waals surface area contributed by atoms with Crippen LogP contribution in [0.4, 0.5) is 17.2 Å². The van der Waals surface area contributed by atoms with Crippen molar-refractivity contribution in [1.82, 2.24) is 9.55 Å². The van der Waals surface area contributed by atoms with Gasteiger partial charge in [-0.25, -0.2) is 4.79 Å². The summed E-state index contributed by atoms with van der Waals surface area (Å²) in [5.41, 5.74) is 5.06. The zero-order valence-electron chi connectivity index (χ0n) is 17.4. The Morgan fingerprint density at radius 2 is 1.90 bits per heavy atom. The number of amides is 1. The summed E-state index contributed by atoms with van der Waals surface area (Å²) in [5, 5.41) is 11.2. The number of carbonyl (C=O) groups excluding carboxylic acids is 1. The van der Waals surface area contributed by atoms with Gasteiger partial charge in [-0.05, 0) is 25.3 Å². The molecular formula is C20H27N5O5. The van der Waals surface area contributed by atoms with Crippen LogP contribution in [-0.2, 0) is 6.54 Å². The number of nitrogens with one attached hydrogen (secondary N) is 1. The molecule has 0 aliphatic carbocycles. The number of nitrogens with zero attached hydrogens (tertiary/aromatic N) is 3. The highest BCUT2D eigenvalue weighted by Gasteiger charge is 2.27. The molecule has 1 heterocycles. The number of nitro benzene ring substituents is 1. The van der Waals surface area contributed by atoms with Crippen LogP contribution in [0.25, 0.3) is 0 Å². The molecule has 3 N–H and O–H groups in total. The molecule has 0 atom stereocenters. The highest BCUT2D eigenvalue weighted by atomic mass is 16.6. The number of nitrogens with two attached hydrogens (primary N) is 1. The molecule has 1 amide bonds. The molecule has 1 aromatic heterocycles. The number of anilines is 2. The van der Waals surface area contributed by atoms with E-state index in [0.29, 0.717) is 24.9 Å². The number of H-pyrrole nitrogens is 1. The Labute approximate surface area is 173 Å². The van der Waals surface area contributed by atoms with E-state index in [0.717, 1.165) is 12.8 Å². The van der Waals surface area contributed by atoms with Gasteiger partial charge < -0.3 is 10.6 Å². The third kappa shape index (κ3) is 4.76. The maximum Gasteiger partial charge on any atom is 0.330 e. The lowest BCUT2D eigenvalue weighted by atomic mass is 10.1. The lowest BCUT2D eigenvalue weighted by Gasteiger charge is -2.25. The second-order valence-corrected chi connectivity index (χ2v) is 7.06. The van der Waals surface area contributed by atoms with Crippen LogP contribution in [0.2, 0.25) is 0 Å². The number of rotatable bonds is 9. The van der Waals surface area contributed by atoms with Gasteiger partial charge in [-0.15, -0.1) is 0 Å². The maximum absolute atomic E-state index is 13.4. The monoisotopic (exact) mass is 417 g/mol. The van der Waals surface area contributed by atoms with Crippen LogP contribution in [-0.4, -0.2) is 26.9 Å². The number of hydrogen-bond acceptors (Lipinski definition) is 6. The molecular weight excluding hydrogens is 390 g/mol. The van der Waals surface area contributed by atoms with E-state index in [2.05, 4.69) is 4.98 Å². The predicted octanol–water partition coefficient (Wildman–Crippen LogP) is 2.58. The van der Waals surface area contributed by atoms with Crippen LogP contribution < -0.4 is 21.9 Å². The van der Waals surface area contributed by atoms with Gasteiger partial charge in [-0.1, -0.05) is 32.8 Å². The first-order valence-corrected chi connectivity index (χ1v) is 9.92. The Hall–Kier alpha value is -3.43. The number of aryl methyl sites for hydroxylation is 1. The number of non-ortho nitro benzene ring substituents is 1. The number of unbranched alkanes of at least 4 members (excludes halogenated alkanes) is 2. The molecule has 0 unspecified atom stereocenters. The third-order valence-electron chi connectivity index (χ3n) is 4.86. The summed E-state index contributed by atoms with van der Waals surface area (Å²) in [7, 11) is 0. The lowest BCUT2D eigenvalue weighted by Crippen LogP contribution is -2.42. The maximum atomic E-state index is 13.4. The summed E-state index contributed by atoms with van der Waals surface area (Å²) >= 11 is 0. The first-order valence-electron chi connectivity index (χ1n) is 9.92. The first kappa shape index (κ1) is 22.9. The van der Waals surface area contributed by atoms with Crippen molar-refractivity contribution in [2.45, 2.75) is 53.0 Å². The standard InChI is InChI=1S/C20H27N5O5/c1-4-6-10-23(19(27)15-12-14(25(29)30)9-8-13(15)3)16-17(21)24(11-7-5-2)20(28)22-18(16)26/h8-9,12H,4-7,10-11,21H2,1-3H3,(H,22,26,28). The Morgan fingerprint density at radius 1 is 1.23 bits per heavy atom. The minimum atomic E-state index is -0.766. The zero-order chi connectivity index (χ0) is 22.4. The Bertz CT molecular complexity index is 1060. The number of hydrogen-bond donors (Lipinski definition) is 2. The minimum absolute atomic E-state index is 0.0928. The van der Waals surface area contributed by atoms with Crippen molar-refractivity contribution in [3.63, 3.8) is 0 Å². The first-order chi connectivity index (χ1) is 14.2. The van der Waals surface area contributed by atoms with Crippen molar-refractivity contribution in [2.24, 2.45) is 0 Å². The van der Waals surface area contributed by atoms with Crippen molar-refractivity contribution in [3.8, 4) is 0 Å². The Kier molecular flexibility index (Phi) is 7.51. The Balaban J connectivity index is 2.65. The van der Waals surface area contributed by atoms with Gasteiger partial charge in [-0.2, -0.15) is 0 Å². The quantitative estimate of drug-likeness (QED) is 0.474. The summed E-state index contributed by atoms with van der Waals surface area (Å²) in [6.45, 7) is 6.02. The van der Waals surface area contributed by atoms with Crippen LogP contribution in [0.1, 0.15) is 55.5 Å². The van der Waals surface area contributed by atoms with E-state index in [1.165, 1.54) is 27.7 Å². The number of nitro groups is 1. The average Bonchev–Trinajstić information content (AvgIpc) is 2.69. The summed E-state index contributed by atoms with van der Waals surface area (Å²) in [6, 6.07) is 3.99. The molecule has 10 nitrogen and oxygen atoms in total. The van der Waals surface area contributed by atoms with Gasteiger partial charge in [0.2, 0.25) is 0 Å². The lowest BCUT2D eigenvalue weighted by molar-refractivity contribution is -0.384. The van der Waals surface area contributed by atoms with E-state index in [-0.39, 0.29) is 29.3 Å². The van der Waals surface area contributed by atoms with Gasteiger partial charge in [0, 0.05) is 30.8 Å². The van der Waals surface area contributed by atoms with Crippen molar-refractivity contribution in [2.75, 3.05) is 17.2 Å². The van der Waals surface area contributed by atoms with Crippen molar-refractivity contribution < 1.29 is 9.72 Å². The Morgan fingerprint density at radius 3 is 2.50 bits per heavy atom. The SMILES string of the molecule is CCCCN(C(=O)c1cc([N+](=O)[O-])ccc1C)c1c(N)n(CCCC)c(=O)[nH]c1=O. The normalized spacial score (nSPS) is 10.8. The highest BCUT2D eigenvalue weighted by Crippen LogP contribution is 2.24. The molecule has 162 valence electrons. The van der Waals surface area contributed by atoms with Crippen LogP contribution in [0.3, 0.4) is 0 Å². The second-order valence-electron chi connectivity index (χ2n) is 7.06. The summed E-state index contributed by atoms with van der Waals surface area (Å²) in [6.07, 6.45) is 2.80. The zero-order valence-corrected chi connectivity index (χ0v) is 17.4. The molecule has 0 aliphatic heterocycles. The molecule has 0 spiro atoms. The molecule has 0 saturated heterocycles. The van der Waals surface area contributed by atoms with E-state index in [1.54, 1.807) is 6.92 Å². The van der Waals surface area contributed by atoms with E-state index in [1.807, 2.05) is 13.8 Å². The third-order valence-corrected chi connectivity index (χ3v) is 4.86. The molecule has 1 aromatic carbocycles. The highest BCUT2D eigenvalue weighted by molar-refractivity contribution is 6.08. The fourth-order valence-electron chi connectivity index (χ4n) is 3.11. The van der Waals surface area contributed by atoms with Crippen molar-refractivity contribution in [3.05, 3.63) is 60.3 Å². The predicted molar refractivity (Wildman–Crippen MR) is 115 cm³/mol. The molecule has 0 bridgehead atoms. The summed E-state index contributed by atoms with van der Waals surface area (Å²) < 4.78 is 1.24. The van der Waals surface area contributed by atoms with E-state index in [9.17, 15) is 24.5 Å². The minimum Gasteiger partial charge on any atom is -0.383 e. The largest absolute Gasteiger partial charge is 0.383 e. The molecule has 30 heavy (non-hydrogen) atoms. The van der Waals surface area contributed by atoms with Gasteiger partial charge in [-0.3, -0.25) is 29.3 Å². The van der Waals surface area contributed by atoms with Gasteiger partial charge in [0.25, 0.3) is 17.2 Å². The molecule has 0 fully saturated rings. The van der Waals surface area contributed by atoms with Crippen molar-refractivity contribution >= 4 is 23.1 Å². The van der Waals surface area contributed by atoms with Crippen LogP contribution in [0.15, 0.2) is 27.8 Å². The number of benzene rings is 1. The fourth-order valence-corrected chi connectivity index (χ4v) is 3.11. The van der Waals surface area contributed by atoms with Crippen molar-refractivity contribution in [1.29, 1.82) is 0 Å². The van der Waals surface area contributed by atoms with E-state index < -0.39 is 22.1 Å². The molecule has 0 aliphatic rings. The topological polar surface area (TPSA) is 144 Å². The van der Waals surface area contributed by atoms with E-state index >= 15 is 0 Å². The number of aromatic amines is 1. The summed E-state index contributed by atoms with van der Waals surface area (Å²) in [4.78, 5) is 52.2. The molecule has 2 rings (SSSR count). The molecule has 2 aromatic rings. The van der Waals surface area contributed by atoms with Gasteiger partial charge >= 0.3 is 5.69 Å². The second kappa shape index (κ2) is 9.86. The van der Waals surface area contributed by atoms with Crippen LogP contribution >= 0.6 is 0 Å². The number of carbonyl (C=O) groups is 1. The van der Waals surface area contributed by atoms with Crippen LogP contribution in [0.5, 0.6) is 0 Å². The smallest absolute Gasteiger partial charge is 0.330 e. The summed E-state index contributed by atoms with van der Waals surface area (Å²) in [5.74, 6) is -0.674. The van der Waals surface area contributed by atoms with E-state index in [4.69, 9.17) is 5.73 Å². The number of nitrogen functional groups attached to an aromatic ring is 1. The number of aromatic nitrogens is 2. The van der Waals surface area contributed by atoms with Gasteiger partial charge in [0.05, 0.1) is 4.92 Å². The molecule has 0 saturated carbocycles. The van der Waals surface area contributed by atoms with Crippen LogP contribution in [0, 0.1) is 17.0 Å². The molecule has 0 radical (unpaired) electrons. The van der Waals surface area contributed by atoms with Gasteiger partial charge in [0.1, 0.15) is 5.82 Å². The average molecular weight is 417 g/mol. The fraction of sp³-hybridized carbons (Fsp3) is 0.450. The molecule has 10 heteroatoms.